The summed E-state index contributed by atoms with van der Waals surface area (Å²) in [5.74, 6) is -0.189. The maximum atomic E-state index is 13.2. The Kier molecular flexibility index (Phi) is 9.77. The molecule has 2 aromatic heterocycles. The first-order valence-electron chi connectivity index (χ1n) is 16.0. The van der Waals surface area contributed by atoms with Crippen LogP contribution in [-0.2, 0) is 47.9 Å². The molecule has 3 aliphatic rings. The number of rotatable bonds is 5. The van der Waals surface area contributed by atoms with Gasteiger partial charge in [-0.05, 0) is 61.9 Å². The molecule has 2 aromatic carbocycles. The summed E-state index contributed by atoms with van der Waals surface area (Å²) in [6, 6.07) is 13.0. The van der Waals surface area contributed by atoms with E-state index in [1.807, 2.05) is 6.92 Å². The van der Waals surface area contributed by atoms with Crippen molar-refractivity contribution in [1.82, 2.24) is 29.4 Å². The van der Waals surface area contributed by atoms with E-state index in [2.05, 4.69) is 10.2 Å². The van der Waals surface area contributed by atoms with Crippen LogP contribution in [0.4, 0.5) is 26.3 Å². The fourth-order valence-electron chi connectivity index (χ4n) is 5.91. The summed E-state index contributed by atoms with van der Waals surface area (Å²) in [5, 5.41) is 7.56. The van der Waals surface area contributed by atoms with Crippen LogP contribution in [0.2, 0.25) is 0 Å². The number of fused-ring (bicyclic) bond motifs is 2. The summed E-state index contributed by atoms with van der Waals surface area (Å²) < 4.78 is 92.3. The van der Waals surface area contributed by atoms with Crippen LogP contribution in [0.1, 0.15) is 68.0 Å². The second-order valence-corrected chi connectivity index (χ2v) is 12.0. The Morgan fingerprint density at radius 3 is 1.56 bits per heavy atom. The van der Waals surface area contributed by atoms with E-state index in [4.69, 9.17) is 9.47 Å². The van der Waals surface area contributed by atoms with Gasteiger partial charge >= 0.3 is 12.4 Å². The molecule has 266 valence electrons. The SMILES string of the molecule is CCN(C)C(=O)c1ccc(-n2nc(C(F)(F)F)c3c2CCOC3)cc1.O=C(c1ccc(-n2nc(C(F)(F)F)c3c2CCOC3)cc1)N1CCC1. The lowest BCUT2D eigenvalue weighted by molar-refractivity contribution is -0.143. The quantitative estimate of drug-likeness (QED) is 0.242. The van der Waals surface area contributed by atoms with E-state index < -0.39 is 23.7 Å². The highest BCUT2D eigenvalue weighted by molar-refractivity contribution is 5.95. The van der Waals surface area contributed by atoms with Gasteiger partial charge < -0.3 is 19.3 Å². The van der Waals surface area contributed by atoms with Gasteiger partial charge in [-0.1, -0.05) is 0 Å². The van der Waals surface area contributed by atoms with Crippen LogP contribution < -0.4 is 0 Å². The Hall–Kier alpha value is -4.70. The van der Waals surface area contributed by atoms with Crippen molar-refractivity contribution in [3.8, 4) is 11.4 Å². The number of alkyl halides is 6. The molecule has 50 heavy (non-hydrogen) atoms. The van der Waals surface area contributed by atoms with Crippen LogP contribution in [0.3, 0.4) is 0 Å². The highest BCUT2D eigenvalue weighted by Crippen LogP contribution is 2.37. The molecule has 0 unspecified atom stereocenters. The number of halogens is 6. The van der Waals surface area contributed by atoms with E-state index in [1.54, 1.807) is 65.4 Å². The third-order valence-electron chi connectivity index (χ3n) is 8.86. The van der Waals surface area contributed by atoms with Crippen LogP contribution >= 0.6 is 0 Å². The number of carbonyl (C=O) groups is 2. The summed E-state index contributed by atoms with van der Waals surface area (Å²) in [5.41, 5.74) is 1.40. The fraction of sp³-hybridized carbons (Fsp3) is 0.412. The average molecular weight is 705 g/mol. The normalized spacial score (nSPS) is 15.7. The first-order chi connectivity index (χ1) is 23.8. The van der Waals surface area contributed by atoms with Gasteiger partial charge in [0.05, 0.1) is 49.2 Å². The molecule has 0 saturated carbocycles. The highest BCUT2D eigenvalue weighted by atomic mass is 19.4. The largest absolute Gasteiger partial charge is 0.435 e. The van der Waals surface area contributed by atoms with Gasteiger partial charge in [-0.25, -0.2) is 9.36 Å². The zero-order valence-electron chi connectivity index (χ0n) is 27.3. The molecule has 7 rings (SSSR count). The van der Waals surface area contributed by atoms with Crippen molar-refractivity contribution in [3.63, 3.8) is 0 Å². The van der Waals surface area contributed by atoms with E-state index in [0.29, 0.717) is 66.5 Å². The zero-order chi connectivity index (χ0) is 35.8. The lowest BCUT2D eigenvalue weighted by Crippen LogP contribution is -2.41. The molecule has 0 radical (unpaired) electrons. The summed E-state index contributed by atoms with van der Waals surface area (Å²) in [4.78, 5) is 27.6. The highest BCUT2D eigenvalue weighted by Gasteiger charge is 2.41. The van der Waals surface area contributed by atoms with Crippen molar-refractivity contribution < 1.29 is 45.4 Å². The monoisotopic (exact) mass is 704 g/mol. The summed E-state index contributed by atoms with van der Waals surface area (Å²) >= 11 is 0. The van der Waals surface area contributed by atoms with Gasteiger partial charge in [-0.2, -0.15) is 36.5 Å². The smallest absolute Gasteiger partial charge is 0.376 e. The number of hydrogen-bond donors (Lipinski definition) is 0. The van der Waals surface area contributed by atoms with Crippen LogP contribution in [0, 0.1) is 0 Å². The summed E-state index contributed by atoms with van der Waals surface area (Å²) in [7, 11) is 1.69. The van der Waals surface area contributed by atoms with E-state index in [-0.39, 0.29) is 36.2 Å². The minimum absolute atomic E-state index is 0.0512. The first-order valence-corrected chi connectivity index (χ1v) is 16.0. The minimum atomic E-state index is -4.53. The molecule has 16 heteroatoms. The topological polar surface area (TPSA) is 94.7 Å². The number of benzene rings is 2. The molecule has 1 saturated heterocycles. The molecule has 0 aliphatic carbocycles. The van der Waals surface area contributed by atoms with E-state index in [9.17, 15) is 35.9 Å². The van der Waals surface area contributed by atoms with Crippen LogP contribution in [0.15, 0.2) is 48.5 Å². The number of nitrogens with zero attached hydrogens (tertiary/aromatic N) is 6. The number of carbonyl (C=O) groups excluding carboxylic acids is 2. The molecule has 0 spiro atoms. The van der Waals surface area contributed by atoms with Crippen LogP contribution in [-0.4, -0.2) is 81.1 Å². The lowest BCUT2D eigenvalue weighted by Gasteiger charge is -2.30. The van der Waals surface area contributed by atoms with Crippen LogP contribution in [0.25, 0.3) is 11.4 Å². The lowest BCUT2D eigenvalue weighted by atomic mass is 10.1. The number of hydrogen-bond acceptors (Lipinski definition) is 6. The van der Waals surface area contributed by atoms with Crippen molar-refractivity contribution in [3.05, 3.63) is 93.6 Å². The van der Waals surface area contributed by atoms with E-state index in [0.717, 1.165) is 19.5 Å². The number of likely N-dealkylation sites (tertiary alicyclic amines) is 1. The van der Waals surface area contributed by atoms with Gasteiger partial charge in [0.1, 0.15) is 0 Å². The summed E-state index contributed by atoms with van der Waals surface area (Å²) in [6.07, 6.45) is -7.32. The number of amides is 2. The molecular weight excluding hydrogens is 670 g/mol. The Bertz CT molecular complexity index is 1730. The van der Waals surface area contributed by atoms with E-state index >= 15 is 0 Å². The predicted molar refractivity (Wildman–Crippen MR) is 167 cm³/mol. The van der Waals surface area contributed by atoms with Gasteiger partial charge in [-0.3, -0.25) is 9.59 Å². The second kappa shape index (κ2) is 13.9. The molecule has 0 atom stereocenters. The zero-order valence-corrected chi connectivity index (χ0v) is 27.3. The third-order valence-corrected chi connectivity index (χ3v) is 8.86. The number of aromatic nitrogens is 4. The van der Waals surface area contributed by atoms with Gasteiger partial charge in [0.2, 0.25) is 0 Å². The second-order valence-electron chi connectivity index (χ2n) is 12.0. The fourth-order valence-corrected chi connectivity index (χ4v) is 5.91. The Balaban J connectivity index is 0.000000173. The Morgan fingerprint density at radius 2 is 1.18 bits per heavy atom. The average Bonchev–Trinajstić information content (AvgIpc) is 3.68. The maximum absolute atomic E-state index is 13.2. The van der Waals surface area contributed by atoms with Crippen molar-refractivity contribution in [2.45, 2.75) is 51.8 Å². The van der Waals surface area contributed by atoms with Crippen LogP contribution in [0.5, 0.6) is 0 Å². The standard InChI is InChI=1S/C17H16F3N3O2.C17H18F3N3O2/c18-17(19,20)15-13-10-25-9-6-14(13)23(21-15)12-4-2-11(3-5-12)16(24)22-7-1-8-22;1-3-22(2)16(24)11-4-6-12(7-5-11)23-14-8-9-25-10-13(14)15(21-23)17(18,19)20/h2-5H,1,6-10H2;4-7H,3,8-10H2,1-2H3. The Morgan fingerprint density at radius 1 is 0.740 bits per heavy atom. The number of ether oxygens (including phenoxy) is 2. The van der Waals surface area contributed by atoms with Gasteiger partial charge in [0.15, 0.2) is 11.4 Å². The molecular formula is C34H34F6N6O4. The van der Waals surface area contributed by atoms with Crippen molar-refractivity contribution in [2.75, 3.05) is 39.9 Å². The Labute approximate surface area is 283 Å². The molecule has 10 nitrogen and oxygen atoms in total. The van der Waals surface area contributed by atoms with Gasteiger partial charge in [0, 0.05) is 61.8 Å². The van der Waals surface area contributed by atoms with E-state index in [1.165, 1.54) is 9.36 Å². The van der Waals surface area contributed by atoms with Crippen molar-refractivity contribution >= 4 is 11.8 Å². The van der Waals surface area contributed by atoms with Crippen molar-refractivity contribution in [2.24, 2.45) is 0 Å². The minimum Gasteiger partial charge on any atom is -0.376 e. The maximum Gasteiger partial charge on any atom is 0.435 e. The summed E-state index contributed by atoms with van der Waals surface area (Å²) in [6.45, 7) is 4.47. The van der Waals surface area contributed by atoms with Gasteiger partial charge in [-0.15, -0.1) is 0 Å². The molecule has 3 aliphatic heterocycles. The molecule has 2 amide bonds. The first kappa shape index (κ1) is 35.1. The molecule has 0 bridgehead atoms. The molecule has 4 aromatic rings. The predicted octanol–water partition coefficient (Wildman–Crippen LogP) is 5.87. The van der Waals surface area contributed by atoms with Crippen molar-refractivity contribution in [1.29, 1.82) is 0 Å². The molecule has 1 fully saturated rings. The molecule has 0 N–H and O–H groups in total. The third kappa shape index (κ3) is 6.99. The molecule has 5 heterocycles. The van der Waals surface area contributed by atoms with Gasteiger partial charge in [0.25, 0.3) is 11.8 Å².